The Morgan fingerprint density at radius 1 is 1.06 bits per heavy atom. The number of rotatable bonds is 1. The fourth-order valence-corrected chi connectivity index (χ4v) is 3.00. The third-order valence-corrected chi connectivity index (χ3v) is 3.85. The van der Waals surface area contributed by atoms with Gasteiger partial charge in [0.2, 0.25) is 0 Å². The number of alkyl halides is 3. The fourth-order valence-electron chi connectivity index (χ4n) is 1.41. The van der Waals surface area contributed by atoms with E-state index < -0.39 is 11.7 Å². The second kappa shape index (κ2) is 4.44. The Hall–Kier alpha value is -0.430. The molecule has 0 amide bonds. The van der Waals surface area contributed by atoms with Gasteiger partial charge in [-0.15, -0.1) is 0 Å². The molecule has 2 nitrogen and oxygen atoms in total. The lowest BCUT2D eigenvalue weighted by atomic mass is 10.0. The Kier molecular flexibility index (Phi) is 3.79. The van der Waals surface area contributed by atoms with Crippen molar-refractivity contribution in [1.29, 1.82) is 0 Å². The van der Waals surface area contributed by atoms with Gasteiger partial charge in [-0.05, 0) is 38.3 Å². The van der Waals surface area contributed by atoms with E-state index in [4.69, 9.17) is 11.5 Å². The lowest BCUT2D eigenvalue weighted by Gasteiger charge is -2.18. The fraction of sp³-hybridized carbons (Fsp3) is 0.333. The minimum Gasteiger partial charge on any atom is -0.398 e. The molecule has 0 heterocycles. The topological polar surface area (TPSA) is 52.0 Å². The van der Waals surface area contributed by atoms with Crippen LogP contribution < -0.4 is 11.5 Å². The van der Waals surface area contributed by atoms with Gasteiger partial charge in [0.1, 0.15) is 0 Å². The van der Waals surface area contributed by atoms with Crippen molar-refractivity contribution in [2.45, 2.75) is 19.5 Å². The third kappa shape index (κ3) is 2.15. The number of anilines is 2. The summed E-state index contributed by atoms with van der Waals surface area (Å²) >= 11 is 5.72. The molecule has 0 aromatic heterocycles. The molecule has 0 saturated carbocycles. The average molecular weight is 362 g/mol. The van der Waals surface area contributed by atoms with Crippen LogP contribution in [0.15, 0.2) is 8.95 Å². The number of nitrogens with two attached hydrogens (primary N) is 2. The summed E-state index contributed by atoms with van der Waals surface area (Å²) in [6, 6.07) is 0. The summed E-state index contributed by atoms with van der Waals surface area (Å²) < 4.78 is 37.9. The first-order valence-electron chi connectivity index (χ1n) is 4.33. The third-order valence-electron chi connectivity index (χ3n) is 2.20. The van der Waals surface area contributed by atoms with E-state index in [1.807, 2.05) is 0 Å². The van der Waals surface area contributed by atoms with Crippen molar-refractivity contribution in [2.24, 2.45) is 0 Å². The molecular weight excluding hydrogens is 353 g/mol. The van der Waals surface area contributed by atoms with E-state index in [1.54, 1.807) is 6.92 Å². The molecule has 4 N–H and O–H groups in total. The molecule has 1 rings (SSSR count). The Labute approximate surface area is 107 Å². The standard InChI is InChI=1S/C9H9Br2F3N2/c1-2-3-7(15)5(10)4(9(12,13)14)6(11)8(3)16/h2,15-16H2,1H3. The Balaban J connectivity index is 3.67. The molecule has 0 aliphatic heterocycles. The van der Waals surface area contributed by atoms with E-state index in [9.17, 15) is 13.2 Å². The van der Waals surface area contributed by atoms with Crippen LogP contribution in [0.5, 0.6) is 0 Å². The van der Waals surface area contributed by atoms with Crippen molar-refractivity contribution in [3.63, 3.8) is 0 Å². The Morgan fingerprint density at radius 3 is 1.69 bits per heavy atom. The van der Waals surface area contributed by atoms with Gasteiger partial charge >= 0.3 is 6.18 Å². The molecule has 1 aromatic rings. The zero-order valence-electron chi connectivity index (χ0n) is 8.25. The summed E-state index contributed by atoms with van der Waals surface area (Å²) in [7, 11) is 0. The number of hydrogen-bond acceptors (Lipinski definition) is 2. The molecule has 0 fully saturated rings. The van der Waals surface area contributed by atoms with E-state index in [-0.39, 0.29) is 20.3 Å². The molecular formula is C9H9Br2F3N2. The molecule has 0 radical (unpaired) electrons. The van der Waals surface area contributed by atoms with Crippen molar-refractivity contribution < 1.29 is 13.2 Å². The maximum Gasteiger partial charge on any atom is 0.418 e. The normalized spacial score (nSPS) is 11.9. The molecule has 0 unspecified atom stereocenters. The molecule has 0 spiro atoms. The van der Waals surface area contributed by atoms with Crippen LogP contribution in [-0.4, -0.2) is 0 Å². The van der Waals surface area contributed by atoms with Crippen LogP contribution in [0, 0.1) is 0 Å². The van der Waals surface area contributed by atoms with Gasteiger partial charge in [0.15, 0.2) is 0 Å². The Bertz CT molecular complexity index is 401. The van der Waals surface area contributed by atoms with Gasteiger partial charge < -0.3 is 11.5 Å². The van der Waals surface area contributed by atoms with E-state index in [1.165, 1.54) is 0 Å². The van der Waals surface area contributed by atoms with Crippen LogP contribution in [0.1, 0.15) is 18.1 Å². The molecule has 90 valence electrons. The van der Waals surface area contributed by atoms with E-state index in [0.29, 0.717) is 12.0 Å². The van der Waals surface area contributed by atoms with Crippen LogP contribution in [0.3, 0.4) is 0 Å². The van der Waals surface area contributed by atoms with Crippen molar-refractivity contribution in [3.8, 4) is 0 Å². The first-order valence-corrected chi connectivity index (χ1v) is 5.92. The lowest BCUT2D eigenvalue weighted by molar-refractivity contribution is -0.138. The molecule has 7 heteroatoms. The number of benzene rings is 1. The molecule has 0 aliphatic carbocycles. The second-order valence-corrected chi connectivity index (χ2v) is 4.75. The maximum atomic E-state index is 12.7. The van der Waals surface area contributed by atoms with E-state index >= 15 is 0 Å². The first kappa shape index (κ1) is 13.6. The highest BCUT2D eigenvalue weighted by atomic mass is 79.9. The number of halogens is 5. The first-order chi connectivity index (χ1) is 7.21. The molecule has 0 bridgehead atoms. The molecule has 0 saturated heterocycles. The molecule has 16 heavy (non-hydrogen) atoms. The van der Waals surface area contributed by atoms with Crippen LogP contribution in [-0.2, 0) is 12.6 Å². The number of nitrogen functional groups attached to an aromatic ring is 2. The minimum atomic E-state index is -4.51. The van der Waals surface area contributed by atoms with Crippen molar-refractivity contribution in [3.05, 3.63) is 20.1 Å². The van der Waals surface area contributed by atoms with Gasteiger partial charge in [0, 0.05) is 5.56 Å². The van der Waals surface area contributed by atoms with Crippen LogP contribution in [0.2, 0.25) is 0 Å². The smallest absolute Gasteiger partial charge is 0.398 e. The van der Waals surface area contributed by atoms with Gasteiger partial charge in [0.25, 0.3) is 0 Å². The van der Waals surface area contributed by atoms with Crippen LogP contribution in [0.4, 0.5) is 24.5 Å². The van der Waals surface area contributed by atoms with Gasteiger partial charge in [-0.2, -0.15) is 13.2 Å². The van der Waals surface area contributed by atoms with Crippen molar-refractivity contribution in [2.75, 3.05) is 11.5 Å². The monoisotopic (exact) mass is 360 g/mol. The summed E-state index contributed by atoms with van der Waals surface area (Å²) in [6.45, 7) is 1.77. The second-order valence-electron chi connectivity index (χ2n) is 3.16. The predicted octanol–water partition coefficient (Wildman–Crippen LogP) is 3.96. The van der Waals surface area contributed by atoms with Crippen molar-refractivity contribution >= 4 is 43.2 Å². The minimum absolute atomic E-state index is 0.0375. The average Bonchev–Trinajstić information content (AvgIpc) is 2.14. The largest absolute Gasteiger partial charge is 0.418 e. The summed E-state index contributed by atoms with van der Waals surface area (Å²) in [6.07, 6.45) is -4.04. The maximum absolute atomic E-state index is 12.7. The molecule has 1 aromatic carbocycles. The van der Waals surface area contributed by atoms with Crippen molar-refractivity contribution in [1.82, 2.24) is 0 Å². The van der Waals surface area contributed by atoms with Gasteiger partial charge in [-0.3, -0.25) is 0 Å². The van der Waals surface area contributed by atoms with Gasteiger partial charge in [-0.1, -0.05) is 6.92 Å². The summed E-state index contributed by atoms with van der Waals surface area (Å²) in [4.78, 5) is 0. The SMILES string of the molecule is CCc1c(N)c(Br)c(C(F)(F)F)c(Br)c1N. The van der Waals surface area contributed by atoms with Crippen LogP contribution >= 0.6 is 31.9 Å². The zero-order valence-corrected chi connectivity index (χ0v) is 11.4. The van der Waals surface area contributed by atoms with E-state index in [2.05, 4.69) is 31.9 Å². The highest BCUT2D eigenvalue weighted by molar-refractivity contribution is 9.11. The molecule has 0 atom stereocenters. The highest BCUT2D eigenvalue weighted by Crippen LogP contribution is 2.47. The highest BCUT2D eigenvalue weighted by Gasteiger charge is 2.38. The Morgan fingerprint density at radius 2 is 1.44 bits per heavy atom. The van der Waals surface area contributed by atoms with Gasteiger partial charge in [-0.25, -0.2) is 0 Å². The lowest BCUT2D eigenvalue weighted by Crippen LogP contribution is -2.13. The van der Waals surface area contributed by atoms with Gasteiger partial charge in [0.05, 0.1) is 25.9 Å². The van der Waals surface area contributed by atoms with E-state index in [0.717, 1.165) is 0 Å². The zero-order chi connectivity index (χ0) is 12.7. The number of hydrogen-bond donors (Lipinski definition) is 2. The summed E-state index contributed by atoms with van der Waals surface area (Å²) in [5.74, 6) is 0. The summed E-state index contributed by atoms with van der Waals surface area (Å²) in [5.41, 5.74) is 10.9. The summed E-state index contributed by atoms with van der Waals surface area (Å²) in [5, 5.41) is 0. The molecule has 0 aliphatic rings. The quantitative estimate of drug-likeness (QED) is 0.744. The van der Waals surface area contributed by atoms with Crippen LogP contribution in [0.25, 0.3) is 0 Å². The predicted molar refractivity (Wildman–Crippen MR) is 65.0 cm³/mol.